The van der Waals surface area contributed by atoms with E-state index in [1.807, 2.05) is 47.4 Å². The Hall–Kier alpha value is -3.10. The molecule has 3 aromatic rings. The van der Waals surface area contributed by atoms with Gasteiger partial charge in [-0.2, -0.15) is 5.26 Å². The lowest BCUT2D eigenvalue weighted by atomic mass is 10.1. The van der Waals surface area contributed by atoms with Gasteiger partial charge in [-0.1, -0.05) is 30.3 Å². The molecule has 28 heavy (non-hydrogen) atoms. The van der Waals surface area contributed by atoms with E-state index in [4.69, 9.17) is 5.26 Å². The summed E-state index contributed by atoms with van der Waals surface area (Å²) >= 11 is 0. The molecule has 0 saturated carbocycles. The molecule has 0 radical (unpaired) electrons. The highest BCUT2D eigenvalue weighted by Gasteiger charge is 2.25. The molecule has 2 aromatic carbocycles. The molecule has 1 amide bonds. The zero-order valence-electron chi connectivity index (χ0n) is 16.1. The van der Waals surface area contributed by atoms with E-state index in [1.165, 1.54) is 5.56 Å². The Morgan fingerprint density at radius 3 is 2.43 bits per heavy atom. The molecule has 0 spiro atoms. The van der Waals surface area contributed by atoms with Crippen LogP contribution in [0.25, 0.3) is 10.9 Å². The highest BCUT2D eigenvalue weighted by Crippen LogP contribution is 2.22. The van der Waals surface area contributed by atoms with Gasteiger partial charge in [0.2, 0.25) is 0 Å². The number of rotatable bonds is 4. The van der Waals surface area contributed by atoms with Crippen molar-refractivity contribution in [2.75, 3.05) is 26.2 Å². The second kappa shape index (κ2) is 7.87. The lowest BCUT2D eigenvalue weighted by Gasteiger charge is -2.35. The topological polar surface area (TPSA) is 52.3 Å². The standard InChI is InChI=1S/C23H24N4O/c1-2-27-21-6-4-3-5-20(21)15-22(27)23(28)26-13-11-25(12-14-26)17-19-9-7-18(16-24)8-10-19/h3-10,15H,2,11-14,17H2,1H3. The molecular formula is C23H24N4O. The molecule has 142 valence electrons. The summed E-state index contributed by atoms with van der Waals surface area (Å²) in [4.78, 5) is 17.5. The van der Waals surface area contributed by atoms with Crippen molar-refractivity contribution in [2.24, 2.45) is 0 Å². The van der Waals surface area contributed by atoms with Crippen molar-refractivity contribution in [2.45, 2.75) is 20.0 Å². The average Bonchev–Trinajstić information content (AvgIpc) is 3.13. The lowest BCUT2D eigenvalue weighted by molar-refractivity contribution is 0.0618. The fourth-order valence-electron chi connectivity index (χ4n) is 3.94. The Bertz CT molecular complexity index is 1020. The van der Waals surface area contributed by atoms with Gasteiger partial charge in [0, 0.05) is 50.2 Å². The number of carbonyl (C=O) groups is 1. The van der Waals surface area contributed by atoms with Crippen LogP contribution in [0.5, 0.6) is 0 Å². The van der Waals surface area contributed by atoms with Crippen LogP contribution < -0.4 is 0 Å². The summed E-state index contributed by atoms with van der Waals surface area (Å²) < 4.78 is 2.11. The first-order chi connectivity index (χ1) is 13.7. The van der Waals surface area contributed by atoms with E-state index in [0.717, 1.165) is 55.9 Å². The predicted molar refractivity (Wildman–Crippen MR) is 110 cm³/mol. The minimum Gasteiger partial charge on any atom is -0.337 e. The molecule has 1 saturated heterocycles. The summed E-state index contributed by atoms with van der Waals surface area (Å²) in [5.41, 5.74) is 3.78. The number of aryl methyl sites for hydroxylation is 1. The Kier molecular flexibility index (Phi) is 5.14. The van der Waals surface area contributed by atoms with Crippen LogP contribution in [-0.2, 0) is 13.1 Å². The molecule has 1 aromatic heterocycles. The lowest BCUT2D eigenvalue weighted by Crippen LogP contribution is -2.48. The summed E-state index contributed by atoms with van der Waals surface area (Å²) in [6.45, 7) is 6.91. The van der Waals surface area contributed by atoms with Crippen LogP contribution in [0.3, 0.4) is 0 Å². The van der Waals surface area contributed by atoms with E-state index in [9.17, 15) is 4.79 Å². The third-order valence-corrected chi connectivity index (χ3v) is 5.49. The van der Waals surface area contributed by atoms with Gasteiger partial charge in [-0.3, -0.25) is 9.69 Å². The number of nitrogens with zero attached hydrogens (tertiary/aromatic N) is 4. The molecule has 0 bridgehead atoms. The van der Waals surface area contributed by atoms with Gasteiger partial charge in [-0.15, -0.1) is 0 Å². The third-order valence-electron chi connectivity index (χ3n) is 5.49. The highest BCUT2D eigenvalue weighted by molar-refractivity contribution is 5.98. The van der Waals surface area contributed by atoms with E-state index in [0.29, 0.717) is 5.56 Å². The first-order valence-corrected chi connectivity index (χ1v) is 9.78. The summed E-state index contributed by atoms with van der Waals surface area (Å²) in [6, 6.07) is 20.1. The first-order valence-electron chi connectivity index (χ1n) is 9.78. The molecule has 5 heteroatoms. The van der Waals surface area contributed by atoms with Crippen LogP contribution in [-0.4, -0.2) is 46.5 Å². The monoisotopic (exact) mass is 372 g/mol. The fourth-order valence-corrected chi connectivity index (χ4v) is 3.94. The molecule has 0 atom stereocenters. The van der Waals surface area contributed by atoms with Crippen molar-refractivity contribution in [1.29, 1.82) is 5.26 Å². The van der Waals surface area contributed by atoms with Crippen molar-refractivity contribution in [3.8, 4) is 6.07 Å². The maximum Gasteiger partial charge on any atom is 0.270 e. The normalized spacial score (nSPS) is 14.9. The van der Waals surface area contributed by atoms with Crippen molar-refractivity contribution in [3.05, 3.63) is 71.4 Å². The van der Waals surface area contributed by atoms with E-state index in [2.05, 4.69) is 34.6 Å². The van der Waals surface area contributed by atoms with Crippen molar-refractivity contribution >= 4 is 16.8 Å². The van der Waals surface area contributed by atoms with Gasteiger partial charge in [0.05, 0.1) is 11.6 Å². The molecule has 1 aliphatic rings. The maximum atomic E-state index is 13.1. The zero-order valence-corrected chi connectivity index (χ0v) is 16.1. The van der Waals surface area contributed by atoms with Crippen LogP contribution in [0.4, 0.5) is 0 Å². The van der Waals surface area contributed by atoms with Crippen LogP contribution >= 0.6 is 0 Å². The number of amides is 1. The van der Waals surface area contributed by atoms with E-state index >= 15 is 0 Å². The third kappa shape index (κ3) is 3.51. The number of para-hydroxylation sites is 1. The van der Waals surface area contributed by atoms with Gasteiger partial charge in [-0.25, -0.2) is 0 Å². The molecule has 4 rings (SSSR count). The fraction of sp³-hybridized carbons (Fsp3) is 0.304. The molecule has 0 N–H and O–H groups in total. The largest absolute Gasteiger partial charge is 0.337 e. The van der Waals surface area contributed by atoms with Gasteiger partial charge in [0.25, 0.3) is 5.91 Å². The average molecular weight is 372 g/mol. The molecule has 0 unspecified atom stereocenters. The van der Waals surface area contributed by atoms with Crippen LogP contribution in [0.1, 0.15) is 28.5 Å². The molecule has 1 fully saturated rings. The second-order valence-electron chi connectivity index (χ2n) is 7.21. The van der Waals surface area contributed by atoms with Crippen LogP contribution in [0, 0.1) is 11.3 Å². The molecule has 0 aliphatic carbocycles. The number of piperazine rings is 1. The number of carbonyl (C=O) groups excluding carboxylic acids is 1. The quantitative estimate of drug-likeness (QED) is 0.704. The maximum absolute atomic E-state index is 13.1. The number of aromatic nitrogens is 1. The van der Waals surface area contributed by atoms with Gasteiger partial charge in [-0.05, 0) is 36.8 Å². The number of nitriles is 1. The van der Waals surface area contributed by atoms with Crippen LogP contribution in [0.15, 0.2) is 54.6 Å². The Morgan fingerprint density at radius 1 is 1.04 bits per heavy atom. The van der Waals surface area contributed by atoms with Gasteiger partial charge >= 0.3 is 0 Å². The number of hydrogen-bond donors (Lipinski definition) is 0. The number of fused-ring (bicyclic) bond motifs is 1. The number of benzene rings is 2. The SMILES string of the molecule is CCn1c(C(=O)N2CCN(Cc3ccc(C#N)cc3)CC2)cc2ccccc21. The minimum atomic E-state index is 0.121. The first kappa shape index (κ1) is 18.3. The van der Waals surface area contributed by atoms with E-state index < -0.39 is 0 Å². The molecule has 2 heterocycles. The number of hydrogen-bond acceptors (Lipinski definition) is 3. The van der Waals surface area contributed by atoms with Gasteiger partial charge in [0.1, 0.15) is 5.69 Å². The van der Waals surface area contributed by atoms with Gasteiger partial charge < -0.3 is 9.47 Å². The van der Waals surface area contributed by atoms with Crippen molar-refractivity contribution in [1.82, 2.24) is 14.4 Å². The minimum absolute atomic E-state index is 0.121. The Morgan fingerprint density at radius 2 is 1.75 bits per heavy atom. The zero-order chi connectivity index (χ0) is 19.5. The summed E-state index contributed by atoms with van der Waals surface area (Å²) in [5, 5.41) is 10.0. The Labute approximate surface area is 165 Å². The summed E-state index contributed by atoms with van der Waals surface area (Å²) in [7, 11) is 0. The molecule has 1 aliphatic heterocycles. The van der Waals surface area contributed by atoms with Crippen LogP contribution in [0.2, 0.25) is 0 Å². The molecular weight excluding hydrogens is 348 g/mol. The summed E-state index contributed by atoms with van der Waals surface area (Å²) in [6.07, 6.45) is 0. The van der Waals surface area contributed by atoms with Gasteiger partial charge in [0.15, 0.2) is 0 Å². The Balaban J connectivity index is 1.42. The van der Waals surface area contributed by atoms with Crippen molar-refractivity contribution < 1.29 is 4.79 Å². The van der Waals surface area contributed by atoms with E-state index in [-0.39, 0.29) is 5.91 Å². The predicted octanol–water partition coefficient (Wildman–Crippen LogP) is 3.49. The highest BCUT2D eigenvalue weighted by atomic mass is 16.2. The second-order valence-corrected chi connectivity index (χ2v) is 7.21. The molecule has 5 nitrogen and oxygen atoms in total. The van der Waals surface area contributed by atoms with Crippen molar-refractivity contribution in [3.63, 3.8) is 0 Å². The van der Waals surface area contributed by atoms with E-state index in [1.54, 1.807) is 0 Å². The summed E-state index contributed by atoms with van der Waals surface area (Å²) in [5.74, 6) is 0.121. The smallest absolute Gasteiger partial charge is 0.270 e.